The Morgan fingerprint density at radius 2 is 1.68 bits per heavy atom. The van der Waals surface area contributed by atoms with E-state index in [0.717, 1.165) is 9.37 Å². The summed E-state index contributed by atoms with van der Waals surface area (Å²) in [6, 6.07) is 19.7. The number of hydrogen-bond donors (Lipinski definition) is 2. The van der Waals surface area contributed by atoms with Crippen LogP contribution < -0.4 is 15.5 Å². The summed E-state index contributed by atoms with van der Waals surface area (Å²) in [6.07, 6.45) is 0.622. The molecule has 0 atom stereocenters. The fourth-order valence-electron chi connectivity index (χ4n) is 3.56. The highest BCUT2D eigenvalue weighted by atomic mass is 79.9. The predicted octanol–water partition coefficient (Wildman–Crippen LogP) is 5.70. The van der Waals surface area contributed by atoms with Crippen molar-refractivity contribution in [3.8, 4) is 0 Å². The first-order chi connectivity index (χ1) is 17.8. The van der Waals surface area contributed by atoms with Crippen LogP contribution in [0.2, 0.25) is 0 Å². The molecule has 1 heterocycles. The molecule has 0 spiro atoms. The summed E-state index contributed by atoms with van der Waals surface area (Å²) in [7, 11) is 0. The van der Waals surface area contributed by atoms with E-state index in [2.05, 4.69) is 26.6 Å². The molecule has 3 aromatic carbocycles. The van der Waals surface area contributed by atoms with Gasteiger partial charge in [0.1, 0.15) is 10.7 Å². The maximum absolute atomic E-state index is 13.3. The Morgan fingerprint density at radius 3 is 2.41 bits per heavy atom. The molecule has 37 heavy (non-hydrogen) atoms. The highest BCUT2D eigenvalue weighted by Crippen LogP contribution is 2.32. The van der Waals surface area contributed by atoms with E-state index in [-0.39, 0.29) is 34.5 Å². The zero-order chi connectivity index (χ0) is 26.5. The second kappa shape index (κ2) is 11.4. The number of nitrogens with zero attached hydrogens (tertiary/aromatic N) is 1. The Bertz CT molecular complexity index is 1420. The van der Waals surface area contributed by atoms with Gasteiger partial charge in [0.2, 0.25) is 0 Å². The average Bonchev–Trinajstić information content (AvgIpc) is 3.11. The Morgan fingerprint density at radius 1 is 0.946 bits per heavy atom. The second-order valence-corrected chi connectivity index (χ2v) is 9.25. The number of ether oxygens (including phenoxy) is 1. The number of rotatable bonds is 8. The number of carbonyl (C=O) groups is 4. The SMILES string of the molecule is CCCOC(=O)c1ccccc1N1C(=O)C(Cl)=C(Nc2cccc(C(=O)Nc3ccc(Br)cc3)c2)C1=O. The van der Waals surface area contributed by atoms with Crippen LogP contribution in [0.1, 0.15) is 34.1 Å². The van der Waals surface area contributed by atoms with E-state index in [1.807, 2.05) is 6.92 Å². The number of carbonyl (C=O) groups excluding carboxylic acids is 4. The second-order valence-electron chi connectivity index (χ2n) is 7.95. The lowest BCUT2D eigenvalue weighted by molar-refractivity contribution is -0.120. The summed E-state index contributed by atoms with van der Waals surface area (Å²) in [5.74, 6) is -2.54. The fraction of sp³-hybridized carbons (Fsp3) is 0.111. The van der Waals surface area contributed by atoms with Crippen molar-refractivity contribution >= 4 is 68.3 Å². The summed E-state index contributed by atoms with van der Waals surface area (Å²) in [6.45, 7) is 2.06. The van der Waals surface area contributed by atoms with Crippen molar-refractivity contribution in [1.82, 2.24) is 0 Å². The van der Waals surface area contributed by atoms with E-state index in [0.29, 0.717) is 23.4 Å². The minimum absolute atomic E-state index is 0.0648. The van der Waals surface area contributed by atoms with Gasteiger partial charge in [-0.3, -0.25) is 14.4 Å². The predicted molar refractivity (Wildman–Crippen MR) is 145 cm³/mol. The van der Waals surface area contributed by atoms with Gasteiger partial charge in [-0.1, -0.05) is 52.7 Å². The van der Waals surface area contributed by atoms with Gasteiger partial charge in [-0.25, -0.2) is 9.69 Å². The van der Waals surface area contributed by atoms with Gasteiger partial charge in [0, 0.05) is 21.4 Å². The molecule has 10 heteroatoms. The summed E-state index contributed by atoms with van der Waals surface area (Å²) < 4.78 is 6.07. The number of imide groups is 1. The third kappa shape index (κ3) is 5.73. The number of halogens is 2. The van der Waals surface area contributed by atoms with Gasteiger partial charge in [-0.05, 0) is 61.0 Å². The van der Waals surface area contributed by atoms with Crippen LogP contribution in [0.5, 0.6) is 0 Å². The first-order valence-electron chi connectivity index (χ1n) is 11.3. The van der Waals surface area contributed by atoms with Crippen LogP contribution in [0.25, 0.3) is 0 Å². The van der Waals surface area contributed by atoms with E-state index in [1.54, 1.807) is 54.6 Å². The standard InChI is InChI=1S/C27H21BrClN3O5/c1-2-14-37-27(36)20-8-3-4-9-21(20)32-25(34)22(29)23(26(32)35)30-19-7-5-6-16(15-19)24(33)31-18-12-10-17(28)11-13-18/h3-13,15,30H,2,14H2,1H3,(H,31,33). The highest BCUT2D eigenvalue weighted by Gasteiger charge is 2.40. The van der Waals surface area contributed by atoms with Crippen molar-refractivity contribution in [2.45, 2.75) is 13.3 Å². The molecule has 0 radical (unpaired) electrons. The smallest absolute Gasteiger partial charge is 0.340 e. The van der Waals surface area contributed by atoms with Crippen LogP contribution in [0, 0.1) is 0 Å². The molecule has 1 aliphatic rings. The molecule has 8 nitrogen and oxygen atoms in total. The molecule has 2 N–H and O–H groups in total. The summed E-state index contributed by atoms with van der Waals surface area (Å²) in [5, 5.41) is 5.30. The molecule has 0 saturated heterocycles. The molecule has 0 aliphatic carbocycles. The lowest BCUT2D eigenvalue weighted by Crippen LogP contribution is -2.33. The zero-order valence-corrected chi connectivity index (χ0v) is 21.9. The van der Waals surface area contributed by atoms with Crippen LogP contribution in [0.4, 0.5) is 17.1 Å². The number of amides is 3. The van der Waals surface area contributed by atoms with Crippen LogP contribution in [0.3, 0.4) is 0 Å². The van der Waals surface area contributed by atoms with Gasteiger partial charge < -0.3 is 15.4 Å². The van der Waals surface area contributed by atoms with E-state index >= 15 is 0 Å². The average molecular weight is 583 g/mol. The first kappa shape index (κ1) is 26.1. The normalized spacial score (nSPS) is 13.1. The van der Waals surface area contributed by atoms with Gasteiger partial charge in [-0.2, -0.15) is 0 Å². The molecule has 188 valence electrons. The highest BCUT2D eigenvalue weighted by molar-refractivity contribution is 9.10. The topological polar surface area (TPSA) is 105 Å². The summed E-state index contributed by atoms with van der Waals surface area (Å²) >= 11 is 9.61. The Labute approximate surface area is 226 Å². The third-order valence-electron chi connectivity index (χ3n) is 5.33. The number of esters is 1. The molecule has 0 bridgehead atoms. The molecular formula is C27H21BrClN3O5. The number of hydrogen-bond acceptors (Lipinski definition) is 6. The maximum atomic E-state index is 13.3. The van der Waals surface area contributed by atoms with Gasteiger partial charge in [0.15, 0.2) is 0 Å². The monoisotopic (exact) mass is 581 g/mol. The first-order valence-corrected chi connectivity index (χ1v) is 12.5. The number of anilines is 3. The van der Waals surface area contributed by atoms with Crippen molar-refractivity contribution in [3.63, 3.8) is 0 Å². The number of benzene rings is 3. The van der Waals surface area contributed by atoms with E-state index in [4.69, 9.17) is 16.3 Å². The molecule has 1 aliphatic heterocycles. The van der Waals surface area contributed by atoms with Gasteiger partial charge >= 0.3 is 5.97 Å². The molecule has 3 amide bonds. The van der Waals surface area contributed by atoms with Crippen molar-refractivity contribution < 1.29 is 23.9 Å². The maximum Gasteiger partial charge on any atom is 0.340 e. The van der Waals surface area contributed by atoms with Crippen LogP contribution in [-0.4, -0.2) is 30.3 Å². The van der Waals surface area contributed by atoms with Gasteiger partial charge in [0.05, 0.1) is 17.9 Å². The number of para-hydroxylation sites is 1. The van der Waals surface area contributed by atoms with Gasteiger partial charge in [0.25, 0.3) is 17.7 Å². The Balaban J connectivity index is 1.55. The van der Waals surface area contributed by atoms with E-state index in [1.165, 1.54) is 18.2 Å². The van der Waals surface area contributed by atoms with E-state index in [9.17, 15) is 19.2 Å². The Kier molecular flexibility index (Phi) is 8.05. The molecule has 0 unspecified atom stereocenters. The molecule has 4 rings (SSSR count). The Hall–Kier alpha value is -3.95. The fourth-order valence-corrected chi connectivity index (χ4v) is 4.04. The molecule has 0 fully saturated rings. The third-order valence-corrected chi connectivity index (χ3v) is 6.20. The van der Waals surface area contributed by atoms with E-state index < -0.39 is 17.8 Å². The van der Waals surface area contributed by atoms with Crippen molar-refractivity contribution in [3.05, 3.63) is 99.1 Å². The van der Waals surface area contributed by atoms with Crippen LogP contribution in [-0.2, 0) is 14.3 Å². The lowest BCUT2D eigenvalue weighted by Gasteiger charge is -2.18. The van der Waals surface area contributed by atoms with Crippen molar-refractivity contribution in [2.24, 2.45) is 0 Å². The van der Waals surface area contributed by atoms with Crippen LogP contribution >= 0.6 is 27.5 Å². The largest absolute Gasteiger partial charge is 0.462 e. The van der Waals surface area contributed by atoms with Crippen LogP contribution in [0.15, 0.2) is 88.0 Å². The van der Waals surface area contributed by atoms with Crippen molar-refractivity contribution in [2.75, 3.05) is 22.1 Å². The van der Waals surface area contributed by atoms with Gasteiger partial charge in [-0.15, -0.1) is 0 Å². The molecular weight excluding hydrogens is 562 g/mol. The minimum atomic E-state index is -0.783. The number of nitrogens with one attached hydrogen (secondary N) is 2. The molecule has 3 aromatic rings. The van der Waals surface area contributed by atoms with Crippen molar-refractivity contribution in [1.29, 1.82) is 0 Å². The lowest BCUT2D eigenvalue weighted by atomic mass is 10.1. The molecule has 0 saturated carbocycles. The quantitative estimate of drug-likeness (QED) is 0.261. The zero-order valence-electron chi connectivity index (χ0n) is 19.6. The summed E-state index contributed by atoms with van der Waals surface area (Å²) in [5.41, 5.74) is 1.26. The molecule has 0 aromatic heterocycles. The summed E-state index contributed by atoms with van der Waals surface area (Å²) in [4.78, 5) is 52.3. The minimum Gasteiger partial charge on any atom is -0.462 e.